The molecule has 0 fully saturated rings. The molecule has 0 saturated carbocycles. The number of fused-ring (bicyclic) bond motifs is 14. The second-order valence-corrected chi connectivity index (χ2v) is 33.1. The Balaban J connectivity index is 0.000000112. The Kier molecular flexibility index (Phi) is 18.1. The lowest BCUT2D eigenvalue weighted by atomic mass is 9.80. The molecule has 20 aromatic rings. The standard InChI is InChI=1S/C40H29N3.C38H27N3.C34H25N3/c1-40(2)34-25-41-35(27-16-8-4-9-17-27)24-33(34)38-36(40)37(28-18-10-5-11-19-28)42-39(43-38)32-23-13-21-30-29(20-12-22-31(30)32)26-14-6-3-7-15-26;1-38(2)33-34(24-13-5-3-6-14-24)40-37(25-15-7-4-8-16-25)41-35(33)30-21-22-32(39-36(30)38)31-23-26-17-9-10-18-27(26)28-19-11-12-20-29(28)31;1-34(2)28-20-29(23-12-5-3-6-13-23)35-21-27(28)32-30(34)31(36-33(37-32)24-14-7-4-8-15-24)26-18-17-22-11-9-10-16-25(22)19-26/h3-25H,1-2H3;3-23H,1-2H3;3-21H,1-2H3. The van der Waals surface area contributed by atoms with Crippen LogP contribution in [0.1, 0.15) is 75.1 Å². The summed E-state index contributed by atoms with van der Waals surface area (Å²) in [6, 6.07) is 129. The van der Waals surface area contributed by atoms with Gasteiger partial charge in [-0.3, -0.25) is 15.0 Å². The first kappa shape index (κ1) is 73.4. The Labute approximate surface area is 703 Å². The Bertz CT molecular complexity index is 7440. The monoisotopic (exact) mass is 1550 g/mol. The van der Waals surface area contributed by atoms with Crippen LogP contribution in [0.3, 0.4) is 0 Å². The van der Waals surface area contributed by atoms with E-state index in [9.17, 15) is 0 Å². The fourth-order valence-electron chi connectivity index (χ4n) is 18.6. The Morgan fingerprint density at radius 1 is 0.190 bits per heavy atom. The van der Waals surface area contributed by atoms with Gasteiger partial charge in [0, 0.05) is 112 Å². The van der Waals surface area contributed by atoms with Crippen LogP contribution in [0.15, 0.2) is 382 Å². The second kappa shape index (κ2) is 29.8. The van der Waals surface area contributed by atoms with Crippen LogP contribution >= 0.6 is 0 Å². The van der Waals surface area contributed by atoms with Gasteiger partial charge in [-0.25, -0.2) is 29.9 Å². The molecule has 0 aliphatic heterocycles. The van der Waals surface area contributed by atoms with E-state index >= 15 is 0 Å². The molecule has 6 heterocycles. The van der Waals surface area contributed by atoms with Crippen LogP contribution in [-0.2, 0) is 16.2 Å². The Morgan fingerprint density at radius 2 is 0.595 bits per heavy atom. The van der Waals surface area contributed by atoms with Crippen molar-refractivity contribution in [2.24, 2.45) is 0 Å². The molecule has 0 bridgehead atoms. The van der Waals surface area contributed by atoms with E-state index in [4.69, 9.17) is 44.9 Å². The molecule has 3 aliphatic carbocycles. The average molecular weight is 1550 g/mol. The zero-order valence-corrected chi connectivity index (χ0v) is 67.9. The first-order chi connectivity index (χ1) is 59.3. The third-order valence-electron chi connectivity index (χ3n) is 24.6. The maximum atomic E-state index is 5.42. The highest BCUT2D eigenvalue weighted by atomic mass is 14.9. The van der Waals surface area contributed by atoms with E-state index in [2.05, 4.69) is 357 Å². The highest BCUT2D eigenvalue weighted by molar-refractivity contribution is 6.14. The van der Waals surface area contributed by atoms with Gasteiger partial charge in [0.05, 0.1) is 56.9 Å². The molecular weight excluding hydrogens is 1470 g/mol. The third-order valence-corrected chi connectivity index (χ3v) is 24.6. The molecule has 121 heavy (non-hydrogen) atoms. The summed E-state index contributed by atoms with van der Waals surface area (Å²) in [6.45, 7) is 13.6. The van der Waals surface area contributed by atoms with Crippen molar-refractivity contribution in [2.75, 3.05) is 0 Å². The molecule has 0 N–H and O–H groups in total. The first-order valence-electron chi connectivity index (χ1n) is 41.4. The number of rotatable bonds is 10. The van der Waals surface area contributed by atoms with Gasteiger partial charge in [-0.05, 0) is 116 Å². The number of benzene rings is 14. The molecular formula is C112H81N9. The summed E-state index contributed by atoms with van der Waals surface area (Å²) in [5.41, 5.74) is 30.0. The lowest BCUT2D eigenvalue weighted by Crippen LogP contribution is -2.19. The Hall–Kier alpha value is -15.2. The number of hydrogen-bond donors (Lipinski definition) is 0. The van der Waals surface area contributed by atoms with Crippen molar-refractivity contribution in [3.63, 3.8) is 0 Å². The molecule has 0 unspecified atom stereocenters. The fourth-order valence-corrected chi connectivity index (χ4v) is 18.6. The van der Waals surface area contributed by atoms with Crippen LogP contribution in [0.5, 0.6) is 0 Å². The SMILES string of the molecule is CC1(C)c2cc(-c3ccccc3)ncc2-c2nc(-c3ccccc3)nc(-c3ccc4ccccc4c3)c21.CC1(C)c2cnc(-c3ccccc3)cc2-c2nc(-c3cccc4c(-c5ccccc5)cccc34)nc(-c3ccccc3)c21.CC1(C)c2nc(-c3cc4ccccc4c4ccccc34)ccc2-c2nc(-c3ccccc3)nc(-c3ccccc3)c21. The van der Waals surface area contributed by atoms with E-state index in [1.807, 2.05) is 67.0 Å². The molecule has 574 valence electrons. The molecule has 6 aromatic heterocycles. The van der Waals surface area contributed by atoms with Crippen LogP contribution in [0.2, 0.25) is 0 Å². The van der Waals surface area contributed by atoms with Gasteiger partial charge >= 0.3 is 0 Å². The van der Waals surface area contributed by atoms with Gasteiger partial charge in [-0.15, -0.1) is 0 Å². The van der Waals surface area contributed by atoms with Gasteiger partial charge in [-0.1, -0.05) is 361 Å². The van der Waals surface area contributed by atoms with E-state index < -0.39 is 0 Å². The summed E-state index contributed by atoms with van der Waals surface area (Å²) >= 11 is 0. The Morgan fingerprint density at radius 3 is 1.19 bits per heavy atom. The summed E-state index contributed by atoms with van der Waals surface area (Å²) < 4.78 is 0. The minimum atomic E-state index is -0.381. The number of nitrogens with zero attached hydrogens (tertiary/aromatic N) is 9. The van der Waals surface area contributed by atoms with Crippen molar-refractivity contribution in [1.82, 2.24) is 44.9 Å². The zero-order valence-electron chi connectivity index (χ0n) is 67.9. The highest BCUT2D eigenvalue weighted by Gasteiger charge is 2.45. The van der Waals surface area contributed by atoms with Crippen LogP contribution in [0, 0.1) is 0 Å². The summed E-state index contributed by atoms with van der Waals surface area (Å²) in [4.78, 5) is 46.7. The van der Waals surface area contributed by atoms with Crippen molar-refractivity contribution >= 4 is 43.1 Å². The normalized spacial score (nSPS) is 13.2. The van der Waals surface area contributed by atoms with Crippen molar-refractivity contribution in [2.45, 2.75) is 57.8 Å². The molecule has 9 nitrogen and oxygen atoms in total. The molecule has 23 rings (SSSR count). The maximum Gasteiger partial charge on any atom is 0.161 e. The van der Waals surface area contributed by atoms with Crippen LogP contribution < -0.4 is 0 Å². The summed E-state index contributed by atoms with van der Waals surface area (Å²) in [7, 11) is 0. The van der Waals surface area contributed by atoms with Crippen molar-refractivity contribution in [3.05, 3.63) is 416 Å². The molecule has 0 atom stereocenters. The summed E-state index contributed by atoms with van der Waals surface area (Å²) in [6.07, 6.45) is 4.04. The van der Waals surface area contributed by atoms with E-state index in [0.717, 1.165) is 163 Å². The van der Waals surface area contributed by atoms with Crippen molar-refractivity contribution in [3.8, 4) is 147 Å². The largest absolute Gasteiger partial charge is 0.256 e. The van der Waals surface area contributed by atoms with E-state index in [-0.39, 0.29) is 16.2 Å². The van der Waals surface area contributed by atoms with Gasteiger partial charge in [-0.2, -0.15) is 0 Å². The van der Waals surface area contributed by atoms with Gasteiger partial charge in [0.2, 0.25) is 0 Å². The summed E-state index contributed by atoms with van der Waals surface area (Å²) in [5.74, 6) is 2.20. The molecule has 9 heteroatoms. The van der Waals surface area contributed by atoms with E-state index in [1.54, 1.807) is 0 Å². The van der Waals surface area contributed by atoms with Gasteiger partial charge in [0.15, 0.2) is 17.5 Å². The molecule has 0 saturated heterocycles. The van der Waals surface area contributed by atoms with Crippen LogP contribution in [0.25, 0.3) is 190 Å². The minimum Gasteiger partial charge on any atom is -0.256 e. The molecule has 3 aliphatic rings. The smallest absolute Gasteiger partial charge is 0.161 e. The highest BCUT2D eigenvalue weighted by Crippen LogP contribution is 2.56. The topological polar surface area (TPSA) is 116 Å². The summed E-state index contributed by atoms with van der Waals surface area (Å²) in [5, 5.41) is 9.69. The number of hydrogen-bond acceptors (Lipinski definition) is 9. The van der Waals surface area contributed by atoms with Gasteiger partial charge < -0.3 is 0 Å². The van der Waals surface area contributed by atoms with Gasteiger partial charge in [0.1, 0.15) is 0 Å². The quantitative estimate of drug-likeness (QED) is 0.123. The number of pyridine rings is 3. The lowest BCUT2D eigenvalue weighted by Gasteiger charge is -2.24. The zero-order chi connectivity index (χ0) is 81.5. The predicted octanol–water partition coefficient (Wildman–Crippen LogP) is 27.8. The van der Waals surface area contributed by atoms with E-state index in [1.165, 1.54) is 60.0 Å². The fraction of sp³-hybridized carbons (Fsp3) is 0.0804. The van der Waals surface area contributed by atoms with E-state index in [0.29, 0.717) is 0 Å². The first-order valence-corrected chi connectivity index (χ1v) is 41.4. The average Bonchev–Trinajstić information content (AvgIpc) is 1.57. The van der Waals surface area contributed by atoms with Crippen molar-refractivity contribution in [1.29, 1.82) is 0 Å². The van der Waals surface area contributed by atoms with Crippen molar-refractivity contribution < 1.29 is 0 Å². The predicted molar refractivity (Wildman–Crippen MR) is 497 cm³/mol. The minimum absolute atomic E-state index is 0.284. The third kappa shape index (κ3) is 12.8. The molecule has 14 aromatic carbocycles. The molecule has 0 spiro atoms. The van der Waals surface area contributed by atoms with Gasteiger partial charge in [0.25, 0.3) is 0 Å². The molecule has 0 amide bonds. The maximum absolute atomic E-state index is 5.42. The second-order valence-electron chi connectivity index (χ2n) is 33.1. The van der Waals surface area contributed by atoms with Crippen LogP contribution in [0.4, 0.5) is 0 Å². The molecule has 0 radical (unpaired) electrons. The lowest BCUT2D eigenvalue weighted by molar-refractivity contribution is 0.636. The number of aromatic nitrogens is 9. The van der Waals surface area contributed by atoms with Crippen LogP contribution in [-0.4, -0.2) is 44.9 Å².